The Kier molecular flexibility index (Phi) is 5.41. The SMILES string of the molecule is Cl.NC(CO)c1ccncc1Br. The Hall–Kier alpha value is -0.160. The van der Waals surface area contributed by atoms with Crippen LogP contribution in [0.5, 0.6) is 0 Å². The van der Waals surface area contributed by atoms with Crippen LogP contribution in [-0.4, -0.2) is 16.7 Å². The predicted molar refractivity (Wildman–Crippen MR) is 53.2 cm³/mol. The van der Waals surface area contributed by atoms with Crippen molar-refractivity contribution in [2.45, 2.75) is 6.04 Å². The molecule has 0 saturated carbocycles. The molecule has 1 atom stereocenters. The van der Waals surface area contributed by atoms with Crippen LogP contribution >= 0.6 is 28.3 Å². The first kappa shape index (κ1) is 11.8. The molecule has 1 heterocycles. The van der Waals surface area contributed by atoms with Gasteiger partial charge in [0.05, 0.1) is 12.6 Å². The van der Waals surface area contributed by atoms with Gasteiger partial charge in [-0.2, -0.15) is 0 Å². The lowest BCUT2D eigenvalue weighted by molar-refractivity contribution is 0.267. The zero-order chi connectivity index (χ0) is 8.27. The first-order valence-corrected chi connectivity index (χ1v) is 4.01. The van der Waals surface area contributed by atoms with Crippen LogP contribution in [0, 0.1) is 0 Å². The fourth-order valence-electron chi connectivity index (χ4n) is 0.785. The van der Waals surface area contributed by atoms with Crippen molar-refractivity contribution in [3.8, 4) is 0 Å². The van der Waals surface area contributed by atoms with E-state index >= 15 is 0 Å². The minimum atomic E-state index is -0.327. The summed E-state index contributed by atoms with van der Waals surface area (Å²) in [5.41, 5.74) is 6.46. The van der Waals surface area contributed by atoms with Gasteiger partial charge in [-0.15, -0.1) is 12.4 Å². The first-order valence-electron chi connectivity index (χ1n) is 3.21. The van der Waals surface area contributed by atoms with E-state index in [2.05, 4.69) is 20.9 Å². The monoisotopic (exact) mass is 252 g/mol. The number of aromatic nitrogens is 1. The van der Waals surface area contributed by atoms with Gasteiger partial charge in [0, 0.05) is 16.9 Å². The zero-order valence-electron chi connectivity index (χ0n) is 6.27. The number of halogens is 2. The summed E-state index contributed by atoms with van der Waals surface area (Å²) in [5.74, 6) is 0. The lowest BCUT2D eigenvalue weighted by Gasteiger charge is -2.08. The van der Waals surface area contributed by atoms with E-state index in [-0.39, 0.29) is 25.1 Å². The van der Waals surface area contributed by atoms with Crippen molar-refractivity contribution in [2.24, 2.45) is 5.73 Å². The Bertz CT molecular complexity index is 247. The fraction of sp³-hybridized carbons (Fsp3) is 0.286. The van der Waals surface area contributed by atoms with Crippen LogP contribution in [0.1, 0.15) is 11.6 Å². The van der Waals surface area contributed by atoms with Crippen LogP contribution in [0.4, 0.5) is 0 Å². The van der Waals surface area contributed by atoms with Crippen molar-refractivity contribution < 1.29 is 5.11 Å². The molecule has 0 aliphatic carbocycles. The lowest BCUT2D eigenvalue weighted by Crippen LogP contribution is -2.14. The standard InChI is InChI=1S/C7H9BrN2O.ClH/c8-6-3-10-2-1-5(6)7(9)4-11;/h1-3,7,11H,4,9H2;1H. The normalized spacial score (nSPS) is 11.9. The number of aliphatic hydroxyl groups is 1. The van der Waals surface area contributed by atoms with Crippen molar-refractivity contribution in [1.82, 2.24) is 4.98 Å². The molecule has 1 rings (SSSR count). The van der Waals surface area contributed by atoms with Crippen LogP contribution in [0.2, 0.25) is 0 Å². The summed E-state index contributed by atoms with van der Waals surface area (Å²) in [6.45, 7) is -0.0530. The molecule has 1 aromatic rings. The number of rotatable bonds is 2. The second kappa shape index (κ2) is 5.48. The number of aliphatic hydroxyl groups excluding tert-OH is 1. The highest BCUT2D eigenvalue weighted by Crippen LogP contribution is 2.19. The van der Waals surface area contributed by atoms with Gasteiger partial charge in [0.1, 0.15) is 0 Å². The van der Waals surface area contributed by atoms with E-state index in [1.54, 1.807) is 18.5 Å². The van der Waals surface area contributed by atoms with Crippen molar-refractivity contribution in [3.05, 3.63) is 28.5 Å². The molecule has 0 saturated heterocycles. The lowest BCUT2D eigenvalue weighted by atomic mass is 10.1. The first-order chi connectivity index (χ1) is 5.25. The van der Waals surface area contributed by atoms with E-state index in [4.69, 9.17) is 10.8 Å². The van der Waals surface area contributed by atoms with Crippen LogP contribution in [0.15, 0.2) is 22.9 Å². The van der Waals surface area contributed by atoms with Crippen LogP contribution < -0.4 is 5.73 Å². The summed E-state index contributed by atoms with van der Waals surface area (Å²) in [4.78, 5) is 3.88. The van der Waals surface area contributed by atoms with E-state index in [9.17, 15) is 0 Å². The van der Waals surface area contributed by atoms with Gasteiger partial charge in [-0.05, 0) is 27.6 Å². The topological polar surface area (TPSA) is 59.1 Å². The van der Waals surface area contributed by atoms with E-state index in [0.717, 1.165) is 10.0 Å². The number of hydrogen-bond acceptors (Lipinski definition) is 3. The molecule has 3 nitrogen and oxygen atoms in total. The molecular weight excluding hydrogens is 243 g/mol. The van der Waals surface area contributed by atoms with Gasteiger partial charge in [0.2, 0.25) is 0 Å². The average molecular weight is 254 g/mol. The third kappa shape index (κ3) is 2.71. The minimum Gasteiger partial charge on any atom is -0.394 e. The minimum absolute atomic E-state index is 0. The molecule has 68 valence electrons. The van der Waals surface area contributed by atoms with E-state index < -0.39 is 0 Å². The van der Waals surface area contributed by atoms with Crippen molar-refractivity contribution >= 4 is 28.3 Å². The Morgan fingerprint density at radius 2 is 2.33 bits per heavy atom. The molecular formula is C7H10BrClN2O. The molecule has 0 bridgehead atoms. The van der Waals surface area contributed by atoms with Gasteiger partial charge < -0.3 is 10.8 Å². The maximum Gasteiger partial charge on any atom is 0.0624 e. The summed E-state index contributed by atoms with van der Waals surface area (Å²) in [7, 11) is 0. The summed E-state index contributed by atoms with van der Waals surface area (Å²) in [5, 5.41) is 8.75. The van der Waals surface area contributed by atoms with E-state index in [1.807, 2.05) is 0 Å². The van der Waals surface area contributed by atoms with Gasteiger partial charge in [0.15, 0.2) is 0 Å². The van der Waals surface area contributed by atoms with Crippen molar-refractivity contribution in [1.29, 1.82) is 0 Å². The molecule has 0 spiro atoms. The molecule has 5 heteroatoms. The van der Waals surface area contributed by atoms with Crippen LogP contribution in [0.3, 0.4) is 0 Å². The van der Waals surface area contributed by atoms with E-state index in [1.165, 1.54) is 0 Å². The molecule has 12 heavy (non-hydrogen) atoms. The molecule has 0 fully saturated rings. The van der Waals surface area contributed by atoms with Gasteiger partial charge in [-0.25, -0.2) is 0 Å². The second-order valence-corrected chi connectivity index (χ2v) is 3.04. The fourth-order valence-corrected chi connectivity index (χ4v) is 1.33. The van der Waals surface area contributed by atoms with Crippen molar-refractivity contribution in [3.63, 3.8) is 0 Å². The maximum atomic E-state index is 8.75. The molecule has 0 radical (unpaired) electrons. The Labute approximate surface area is 85.5 Å². The molecule has 0 aromatic carbocycles. The highest BCUT2D eigenvalue weighted by atomic mass is 79.9. The third-order valence-corrected chi connectivity index (χ3v) is 2.06. The Balaban J connectivity index is 0.00000121. The highest BCUT2D eigenvalue weighted by Gasteiger charge is 2.06. The highest BCUT2D eigenvalue weighted by molar-refractivity contribution is 9.10. The van der Waals surface area contributed by atoms with Gasteiger partial charge >= 0.3 is 0 Å². The molecule has 1 unspecified atom stereocenters. The molecule has 1 aromatic heterocycles. The maximum absolute atomic E-state index is 8.75. The smallest absolute Gasteiger partial charge is 0.0624 e. The number of hydrogen-bond donors (Lipinski definition) is 2. The summed E-state index contributed by atoms with van der Waals surface area (Å²) >= 11 is 3.28. The summed E-state index contributed by atoms with van der Waals surface area (Å²) in [6, 6.07) is 1.46. The van der Waals surface area contributed by atoms with Crippen LogP contribution in [0.25, 0.3) is 0 Å². The van der Waals surface area contributed by atoms with E-state index in [0.29, 0.717) is 0 Å². The third-order valence-electron chi connectivity index (χ3n) is 1.40. The predicted octanol–water partition coefficient (Wildman–Crippen LogP) is 1.26. The zero-order valence-corrected chi connectivity index (χ0v) is 8.68. The quantitative estimate of drug-likeness (QED) is 0.834. The molecule has 3 N–H and O–H groups in total. The number of nitrogens with two attached hydrogens (primary N) is 1. The Morgan fingerprint density at radius 3 is 2.83 bits per heavy atom. The van der Waals surface area contributed by atoms with Gasteiger partial charge in [-0.3, -0.25) is 4.98 Å². The van der Waals surface area contributed by atoms with Gasteiger partial charge in [-0.1, -0.05) is 0 Å². The average Bonchev–Trinajstić information content (AvgIpc) is 2.04. The molecule has 0 aliphatic heterocycles. The van der Waals surface area contributed by atoms with Gasteiger partial charge in [0.25, 0.3) is 0 Å². The number of pyridine rings is 1. The number of nitrogens with zero attached hydrogens (tertiary/aromatic N) is 1. The van der Waals surface area contributed by atoms with Crippen molar-refractivity contribution in [2.75, 3.05) is 6.61 Å². The second-order valence-electron chi connectivity index (χ2n) is 2.19. The summed E-state index contributed by atoms with van der Waals surface area (Å²) < 4.78 is 0.835. The summed E-state index contributed by atoms with van der Waals surface area (Å²) in [6.07, 6.45) is 3.31. The Morgan fingerprint density at radius 1 is 1.67 bits per heavy atom. The largest absolute Gasteiger partial charge is 0.394 e. The van der Waals surface area contributed by atoms with Crippen LogP contribution in [-0.2, 0) is 0 Å². The molecule has 0 aliphatic rings. The molecule has 0 amide bonds.